The van der Waals surface area contributed by atoms with Gasteiger partial charge in [0.1, 0.15) is 6.04 Å². The van der Waals surface area contributed by atoms with Gasteiger partial charge >= 0.3 is 0 Å². The fourth-order valence-electron chi connectivity index (χ4n) is 2.82. The number of carbonyl (C=O) groups excluding carboxylic acids is 1. The molecule has 0 saturated heterocycles. The summed E-state index contributed by atoms with van der Waals surface area (Å²) < 4.78 is 4.94. The van der Waals surface area contributed by atoms with Crippen LogP contribution in [0.1, 0.15) is 31.2 Å². The molecule has 0 spiro atoms. The van der Waals surface area contributed by atoms with Crippen LogP contribution >= 0.6 is 24.0 Å². The highest BCUT2D eigenvalue weighted by Gasteiger charge is 2.37. The van der Waals surface area contributed by atoms with Crippen LogP contribution in [0.25, 0.3) is 0 Å². The van der Waals surface area contributed by atoms with E-state index >= 15 is 0 Å². The van der Waals surface area contributed by atoms with Crippen LogP contribution in [0.15, 0.2) is 24.3 Å². The Morgan fingerprint density at radius 2 is 1.95 bits per heavy atom. The van der Waals surface area contributed by atoms with Crippen molar-refractivity contribution in [2.45, 2.75) is 37.3 Å². The molecule has 1 unspecified atom stereocenters. The van der Waals surface area contributed by atoms with E-state index < -0.39 is 6.04 Å². The Hall–Kier alpha value is -0.810. The standard InChI is InChI=1S/C15H21ClN2O2.ClH/c1-20-10-13(17)14(19)18-15(8-2-3-9-15)11-4-6-12(16)7-5-11;/h4-7,13H,2-3,8-10,17H2,1H3,(H,18,19);1H. The van der Waals surface area contributed by atoms with E-state index in [9.17, 15) is 4.79 Å². The molecule has 3 N–H and O–H groups in total. The van der Waals surface area contributed by atoms with Crippen LogP contribution in [0, 0.1) is 0 Å². The number of nitrogens with one attached hydrogen (secondary N) is 1. The number of hydrogen-bond donors (Lipinski definition) is 2. The molecule has 1 aromatic rings. The second kappa shape index (κ2) is 7.99. The predicted molar refractivity (Wildman–Crippen MR) is 86.8 cm³/mol. The number of benzene rings is 1. The van der Waals surface area contributed by atoms with Crippen molar-refractivity contribution >= 4 is 29.9 Å². The lowest BCUT2D eigenvalue weighted by atomic mass is 9.88. The Morgan fingerprint density at radius 1 is 1.38 bits per heavy atom. The molecule has 6 heteroatoms. The first-order valence-electron chi connectivity index (χ1n) is 6.90. The summed E-state index contributed by atoms with van der Waals surface area (Å²) in [6.07, 6.45) is 4.06. The van der Waals surface area contributed by atoms with Crippen molar-refractivity contribution in [1.82, 2.24) is 5.32 Å². The van der Waals surface area contributed by atoms with Gasteiger partial charge in [0.25, 0.3) is 0 Å². The lowest BCUT2D eigenvalue weighted by molar-refractivity contribution is -0.125. The second-order valence-electron chi connectivity index (χ2n) is 5.35. The van der Waals surface area contributed by atoms with E-state index in [1.165, 1.54) is 7.11 Å². The predicted octanol–water partition coefficient (Wildman–Crippen LogP) is 2.62. The van der Waals surface area contributed by atoms with Crippen molar-refractivity contribution in [3.8, 4) is 0 Å². The van der Waals surface area contributed by atoms with Gasteiger partial charge in [-0.1, -0.05) is 36.6 Å². The van der Waals surface area contributed by atoms with Crippen molar-refractivity contribution in [1.29, 1.82) is 0 Å². The molecule has 1 aromatic carbocycles. The Kier molecular flexibility index (Phi) is 6.94. The van der Waals surface area contributed by atoms with Crippen LogP contribution in [0.4, 0.5) is 0 Å². The summed E-state index contributed by atoms with van der Waals surface area (Å²) in [6.45, 7) is 0.225. The zero-order valence-electron chi connectivity index (χ0n) is 12.1. The summed E-state index contributed by atoms with van der Waals surface area (Å²) in [5.74, 6) is -0.163. The van der Waals surface area contributed by atoms with Gasteiger partial charge in [0.2, 0.25) is 5.91 Å². The van der Waals surface area contributed by atoms with Gasteiger partial charge in [-0.3, -0.25) is 4.79 Å². The van der Waals surface area contributed by atoms with Crippen LogP contribution in [0.3, 0.4) is 0 Å². The lowest BCUT2D eigenvalue weighted by Crippen LogP contribution is -2.52. The molecule has 0 radical (unpaired) electrons. The quantitative estimate of drug-likeness (QED) is 0.871. The van der Waals surface area contributed by atoms with Crippen LogP contribution in [-0.2, 0) is 15.1 Å². The van der Waals surface area contributed by atoms with Gasteiger partial charge in [-0.2, -0.15) is 0 Å². The van der Waals surface area contributed by atoms with Crippen molar-refractivity contribution in [3.05, 3.63) is 34.9 Å². The SMILES string of the molecule is COCC(N)C(=O)NC1(c2ccc(Cl)cc2)CCCC1.Cl. The zero-order valence-corrected chi connectivity index (χ0v) is 13.7. The molecular weight excluding hydrogens is 311 g/mol. The van der Waals surface area contributed by atoms with E-state index in [2.05, 4.69) is 5.32 Å². The van der Waals surface area contributed by atoms with Crippen molar-refractivity contribution in [2.24, 2.45) is 5.73 Å². The zero-order chi connectivity index (χ0) is 14.6. The Labute approximate surface area is 136 Å². The minimum Gasteiger partial charge on any atom is -0.383 e. The molecule has 1 atom stereocenters. The van der Waals surface area contributed by atoms with E-state index in [1.807, 2.05) is 24.3 Å². The molecule has 2 rings (SSSR count). The molecule has 0 aliphatic heterocycles. The van der Waals surface area contributed by atoms with E-state index in [4.69, 9.17) is 22.1 Å². The largest absolute Gasteiger partial charge is 0.383 e. The maximum atomic E-state index is 12.2. The maximum Gasteiger partial charge on any atom is 0.239 e. The number of ether oxygens (including phenoxy) is 1. The summed E-state index contributed by atoms with van der Waals surface area (Å²) >= 11 is 5.94. The smallest absolute Gasteiger partial charge is 0.239 e. The van der Waals surface area contributed by atoms with Crippen LogP contribution in [-0.4, -0.2) is 25.7 Å². The van der Waals surface area contributed by atoms with E-state index in [-0.39, 0.29) is 30.5 Å². The third kappa shape index (κ3) is 4.33. The van der Waals surface area contributed by atoms with Gasteiger partial charge in [-0.15, -0.1) is 12.4 Å². The molecule has 1 amide bonds. The van der Waals surface area contributed by atoms with E-state index in [0.717, 1.165) is 31.2 Å². The van der Waals surface area contributed by atoms with Crippen LogP contribution in [0.2, 0.25) is 5.02 Å². The highest BCUT2D eigenvalue weighted by atomic mass is 35.5. The molecule has 1 aliphatic rings. The number of rotatable bonds is 5. The molecule has 1 aliphatic carbocycles. The first kappa shape index (κ1) is 18.2. The highest BCUT2D eigenvalue weighted by Crippen LogP contribution is 2.39. The van der Waals surface area contributed by atoms with Crippen LogP contribution < -0.4 is 11.1 Å². The molecule has 0 aromatic heterocycles. The molecule has 0 heterocycles. The summed E-state index contributed by atoms with van der Waals surface area (Å²) in [6, 6.07) is 7.05. The minimum absolute atomic E-state index is 0. The average Bonchev–Trinajstić information content (AvgIpc) is 2.89. The maximum absolute atomic E-state index is 12.2. The van der Waals surface area contributed by atoms with E-state index in [0.29, 0.717) is 5.02 Å². The topological polar surface area (TPSA) is 64.3 Å². The molecule has 4 nitrogen and oxygen atoms in total. The molecule has 0 bridgehead atoms. The number of methoxy groups -OCH3 is 1. The second-order valence-corrected chi connectivity index (χ2v) is 5.78. The van der Waals surface area contributed by atoms with Gasteiger partial charge in [-0.05, 0) is 30.5 Å². The molecule has 1 saturated carbocycles. The number of nitrogens with two attached hydrogens (primary N) is 1. The Bertz CT molecular complexity index is 459. The summed E-state index contributed by atoms with van der Waals surface area (Å²) in [5.41, 5.74) is 6.59. The van der Waals surface area contributed by atoms with E-state index in [1.54, 1.807) is 0 Å². The molecule has 1 fully saturated rings. The first-order chi connectivity index (χ1) is 9.57. The summed E-state index contributed by atoms with van der Waals surface area (Å²) in [5, 5.41) is 3.82. The fourth-order valence-corrected chi connectivity index (χ4v) is 2.94. The Balaban J connectivity index is 0.00000220. The van der Waals surface area contributed by atoms with Crippen molar-refractivity contribution in [3.63, 3.8) is 0 Å². The monoisotopic (exact) mass is 332 g/mol. The molecule has 21 heavy (non-hydrogen) atoms. The average molecular weight is 333 g/mol. The highest BCUT2D eigenvalue weighted by molar-refractivity contribution is 6.30. The first-order valence-corrected chi connectivity index (χ1v) is 7.28. The van der Waals surface area contributed by atoms with Gasteiger partial charge in [0.15, 0.2) is 0 Å². The number of hydrogen-bond acceptors (Lipinski definition) is 3. The van der Waals surface area contributed by atoms with Gasteiger partial charge in [0.05, 0.1) is 12.1 Å². The van der Waals surface area contributed by atoms with Gasteiger partial charge < -0.3 is 15.8 Å². The van der Waals surface area contributed by atoms with Gasteiger partial charge in [-0.25, -0.2) is 0 Å². The lowest BCUT2D eigenvalue weighted by Gasteiger charge is -2.32. The van der Waals surface area contributed by atoms with Gasteiger partial charge in [0, 0.05) is 12.1 Å². The van der Waals surface area contributed by atoms with Crippen molar-refractivity contribution < 1.29 is 9.53 Å². The van der Waals surface area contributed by atoms with Crippen LogP contribution in [0.5, 0.6) is 0 Å². The van der Waals surface area contributed by atoms with Crippen molar-refractivity contribution in [2.75, 3.05) is 13.7 Å². The fraction of sp³-hybridized carbons (Fsp3) is 0.533. The normalized spacial score (nSPS) is 17.9. The molecular formula is C15H22Cl2N2O2. The minimum atomic E-state index is -0.634. The summed E-state index contributed by atoms with van der Waals surface area (Å²) in [7, 11) is 1.54. The third-order valence-corrected chi connectivity index (χ3v) is 4.15. The summed E-state index contributed by atoms with van der Waals surface area (Å²) in [4.78, 5) is 12.2. The number of carbonyl (C=O) groups is 1. The third-order valence-electron chi connectivity index (χ3n) is 3.90. The Morgan fingerprint density at radius 3 is 2.48 bits per heavy atom. The number of amides is 1. The molecule has 118 valence electrons. The number of halogens is 2.